The number of hydrogen-bond acceptors (Lipinski definition) is 7. The summed E-state index contributed by atoms with van der Waals surface area (Å²) in [5.41, 5.74) is 1.77. The van der Waals surface area contributed by atoms with Gasteiger partial charge in [-0.1, -0.05) is 29.8 Å². The second-order valence-corrected chi connectivity index (χ2v) is 7.43. The molecule has 0 bridgehead atoms. The smallest absolute Gasteiger partial charge is 0.222 e. The van der Waals surface area contributed by atoms with E-state index in [1.165, 1.54) is 6.07 Å². The van der Waals surface area contributed by atoms with Crippen molar-refractivity contribution >= 4 is 11.6 Å². The van der Waals surface area contributed by atoms with E-state index in [1.54, 1.807) is 12.1 Å². The lowest BCUT2D eigenvalue weighted by Crippen LogP contribution is -2.63. The Labute approximate surface area is 173 Å². The zero-order chi connectivity index (χ0) is 21.2. The maximum atomic E-state index is 11.0. The van der Waals surface area contributed by atoms with Crippen LogP contribution in [0.1, 0.15) is 23.6 Å². The molecular weight excluding hydrogens is 400 g/mol. The van der Waals surface area contributed by atoms with Crippen molar-refractivity contribution in [3.05, 3.63) is 64.2 Å². The van der Waals surface area contributed by atoms with Gasteiger partial charge in [-0.2, -0.15) is 0 Å². The van der Waals surface area contributed by atoms with Crippen LogP contribution in [-0.2, 0) is 16.9 Å². The van der Waals surface area contributed by atoms with Crippen LogP contribution in [0.4, 0.5) is 0 Å². The number of aliphatic hydroxyl groups excluding tert-OH is 4. The van der Waals surface area contributed by atoms with Crippen molar-refractivity contribution in [2.75, 3.05) is 13.2 Å². The Hall–Kier alpha value is -1.71. The molecule has 0 unspecified atom stereocenters. The average molecular weight is 425 g/mol. The third kappa shape index (κ3) is 4.41. The number of halogens is 1. The molecule has 8 heteroatoms. The summed E-state index contributed by atoms with van der Waals surface area (Å²) >= 11 is 6.32. The second-order valence-electron chi connectivity index (χ2n) is 7.02. The first kappa shape index (κ1) is 22.0. The molecule has 7 nitrogen and oxygen atoms in total. The molecule has 0 amide bonds. The van der Waals surface area contributed by atoms with Gasteiger partial charge in [-0.05, 0) is 48.7 Å². The SMILES string of the molecule is CCOc1ccc(Cc2cc([C@]3(O)O[C@H](CO)[C@@H](O)[C@H](O)[C@H]3O)ccc2Cl)cc1. The van der Waals surface area contributed by atoms with Gasteiger partial charge < -0.3 is 35.0 Å². The van der Waals surface area contributed by atoms with E-state index in [2.05, 4.69) is 0 Å². The predicted octanol–water partition coefficient (Wildman–Crippen LogP) is 0.948. The first-order chi connectivity index (χ1) is 13.8. The lowest BCUT2D eigenvalue weighted by Gasteiger charge is -2.45. The largest absolute Gasteiger partial charge is 0.494 e. The minimum Gasteiger partial charge on any atom is -0.494 e. The third-order valence-corrected chi connectivity index (χ3v) is 5.42. The molecular formula is C21H25ClO7. The third-order valence-electron chi connectivity index (χ3n) is 5.05. The number of rotatable bonds is 6. The van der Waals surface area contributed by atoms with Gasteiger partial charge in [-0.15, -0.1) is 0 Å². The van der Waals surface area contributed by atoms with Gasteiger partial charge in [-0.3, -0.25) is 0 Å². The molecule has 1 heterocycles. The van der Waals surface area contributed by atoms with E-state index in [0.717, 1.165) is 11.3 Å². The zero-order valence-corrected chi connectivity index (χ0v) is 16.7. The number of benzene rings is 2. The van der Waals surface area contributed by atoms with E-state index in [9.17, 15) is 25.5 Å². The normalized spacial score (nSPS) is 29.6. The van der Waals surface area contributed by atoms with Gasteiger partial charge in [-0.25, -0.2) is 0 Å². The Morgan fingerprint density at radius 3 is 2.38 bits per heavy atom. The Bertz CT molecular complexity index is 826. The van der Waals surface area contributed by atoms with E-state index in [0.29, 0.717) is 23.6 Å². The lowest BCUT2D eigenvalue weighted by atomic mass is 9.87. The van der Waals surface area contributed by atoms with Crippen LogP contribution in [-0.4, -0.2) is 63.2 Å². The van der Waals surface area contributed by atoms with Gasteiger partial charge in [0.1, 0.15) is 30.2 Å². The quantitative estimate of drug-likeness (QED) is 0.468. The van der Waals surface area contributed by atoms with Crippen LogP contribution in [0, 0.1) is 0 Å². The van der Waals surface area contributed by atoms with Crippen molar-refractivity contribution in [2.45, 2.75) is 43.5 Å². The Morgan fingerprint density at radius 1 is 1.07 bits per heavy atom. The fourth-order valence-corrected chi connectivity index (χ4v) is 3.60. The topological polar surface area (TPSA) is 120 Å². The monoisotopic (exact) mass is 424 g/mol. The molecule has 0 aliphatic carbocycles. The van der Waals surface area contributed by atoms with Crippen LogP contribution in [0.15, 0.2) is 42.5 Å². The molecule has 0 radical (unpaired) electrons. The molecule has 158 valence electrons. The van der Waals surface area contributed by atoms with Gasteiger partial charge in [0, 0.05) is 10.6 Å². The number of hydrogen-bond donors (Lipinski definition) is 5. The van der Waals surface area contributed by atoms with Crippen molar-refractivity contribution in [3.63, 3.8) is 0 Å². The minimum absolute atomic E-state index is 0.153. The van der Waals surface area contributed by atoms with E-state index < -0.39 is 36.8 Å². The van der Waals surface area contributed by atoms with Gasteiger partial charge >= 0.3 is 0 Å². The summed E-state index contributed by atoms with van der Waals surface area (Å²) in [6.07, 6.45) is -5.87. The zero-order valence-electron chi connectivity index (χ0n) is 15.9. The first-order valence-electron chi connectivity index (χ1n) is 9.36. The van der Waals surface area contributed by atoms with E-state index >= 15 is 0 Å². The molecule has 5 atom stereocenters. The van der Waals surface area contributed by atoms with Crippen molar-refractivity contribution in [1.29, 1.82) is 0 Å². The summed E-state index contributed by atoms with van der Waals surface area (Å²) in [5.74, 6) is -1.56. The molecule has 1 saturated heterocycles. The van der Waals surface area contributed by atoms with E-state index in [4.69, 9.17) is 21.1 Å². The van der Waals surface area contributed by atoms with Crippen LogP contribution in [0.5, 0.6) is 5.75 Å². The standard InChI is InChI=1S/C21H25ClO7/c1-2-28-15-6-3-12(4-7-15)9-13-10-14(5-8-16(13)22)21(27)20(26)19(25)18(24)17(11-23)29-21/h3-8,10,17-20,23-27H,2,9,11H2,1H3/t17-,18-,19+,20-,21+/m1/s1. The molecule has 1 aliphatic rings. The minimum atomic E-state index is -2.32. The van der Waals surface area contributed by atoms with Gasteiger partial charge in [0.15, 0.2) is 0 Å². The summed E-state index contributed by atoms with van der Waals surface area (Å²) in [6.45, 7) is 1.84. The molecule has 0 saturated carbocycles. The summed E-state index contributed by atoms with van der Waals surface area (Å²) in [6, 6.07) is 12.1. The van der Waals surface area contributed by atoms with Crippen molar-refractivity contribution in [1.82, 2.24) is 0 Å². The summed E-state index contributed by atoms with van der Waals surface area (Å²) in [7, 11) is 0. The molecule has 5 N–H and O–H groups in total. The molecule has 29 heavy (non-hydrogen) atoms. The van der Waals surface area contributed by atoms with Crippen LogP contribution in [0.3, 0.4) is 0 Å². The van der Waals surface area contributed by atoms with Crippen LogP contribution in [0.2, 0.25) is 5.02 Å². The summed E-state index contributed by atoms with van der Waals surface area (Å²) < 4.78 is 10.8. The molecule has 2 aromatic rings. The highest BCUT2D eigenvalue weighted by Crippen LogP contribution is 2.37. The Kier molecular flexibility index (Phi) is 6.80. The molecule has 3 rings (SSSR count). The molecule has 2 aromatic carbocycles. The van der Waals surface area contributed by atoms with E-state index in [1.807, 2.05) is 31.2 Å². The fraction of sp³-hybridized carbons (Fsp3) is 0.429. The van der Waals surface area contributed by atoms with Crippen LogP contribution < -0.4 is 4.74 Å². The molecule has 0 spiro atoms. The van der Waals surface area contributed by atoms with Crippen LogP contribution >= 0.6 is 11.6 Å². The van der Waals surface area contributed by atoms with Gasteiger partial charge in [0.25, 0.3) is 0 Å². The molecule has 0 aromatic heterocycles. The van der Waals surface area contributed by atoms with Crippen LogP contribution in [0.25, 0.3) is 0 Å². The maximum Gasteiger partial charge on any atom is 0.222 e. The molecule has 1 fully saturated rings. The summed E-state index contributed by atoms with van der Waals surface area (Å²) in [5, 5.41) is 51.1. The highest BCUT2D eigenvalue weighted by Gasteiger charge is 2.53. The average Bonchev–Trinajstić information content (AvgIpc) is 2.72. The van der Waals surface area contributed by atoms with Gasteiger partial charge in [0.2, 0.25) is 5.79 Å². The molecule has 1 aliphatic heterocycles. The van der Waals surface area contributed by atoms with E-state index in [-0.39, 0.29) is 5.56 Å². The Morgan fingerprint density at radius 2 is 1.76 bits per heavy atom. The maximum absolute atomic E-state index is 11.0. The van der Waals surface area contributed by atoms with Crippen molar-refractivity contribution in [2.24, 2.45) is 0 Å². The second kappa shape index (κ2) is 8.97. The highest BCUT2D eigenvalue weighted by molar-refractivity contribution is 6.31. The fourth-order valence-electron chi connectivity index (χ4n) is 3.42. The predicted molar refractivity (Wildman–Crippen MR) is 106 cm³/mol. The Balaban J connectivity index is 1.89. The number of aliphatic hydroxyl groups is 5. The first-order valence-corrected chi connectivity index (χ1v) is 9.73. The van der Waals surface area contributed by atoms with Crippen molar-refractivity contribution < 1.29 is 35.0 Å². The highest BCUT2D eigenvalue weighted by atomic mass is 35.5. The summed E-state index contributed by atoms with van der Waals surface area (Å²) in [4.78, 5) is 0. The number of ether oxygens (including phenoxy) is 2. The van der Waals surface area contributed by atoms with Gasteiger partial charge in [0.05, 0.1) is 13.2 Å². The lowest BCUT2D eigenvalue weighted by molar-refractivity contribution is -0.357. The van der Waals surface area contributed by atoms with Crippen molar-refractivity contribution in [3.8, 4) is 5.75 Å².